The van der Waals surface area contributed by atoms with Gasteiger partial charge in [0, 0.05) is 12.2 Å². The van der Waals surface area contributed by atoms with Crippen molar-refractivity contribution in [3.63, 3.8) is 0 Å². The highest BCUT2D eigenvalue weighted by Crippen LogP contribution is 2.15. The van der Waals surface area contributed by atoms with E-state index in [0.29, 0.717) is 5.75 Å². The van der Waals surface area contributed by atoms with Gasteiger partial charge in [0.05, 0.1) is 7.11 Å². The summed E-state index contributed by atoms with van der Waals surface area (Å²) in [4.78, 5) is 11.0. The van der Waals surface area contributed by atoms with Gasteiger partial charge in [-0.3, -0.25) is 0 Å². The molecule has 0 bridgehead atoms. The first kappa shape index (κ1) is 14.9. The van der Waals surface area contributed by atoms with Crippen molar-refractivity contribution < 1.29 is 14.3 Å². The van der Waals surface area contributed by atoms with E-state index in [-0.39, 0.29) is 12.6 Å². The van der Waals surface area contributed by atoms with Crippen LogP contribution in [0, 0.1) is 0 Å². The van der Waals surface area contributed by atoms with Gasteiger partial charge in [-0.15, -0.1) is 0 Å². The van der Waals surface area contributed by atoms with Crippen LogP contribution in [0.25, 0.3) is 0 Å². The molecule has 0 radical (unpaired) electrons. The first-order chi connectivity index (χ1) is 10.3. The molecule has 0 amide bonds. The van der Waals surface area contributed by atoms with Gasteiger partial charge < -0.3 is 14.8 Å². The molecule has 1 N–H and O–H groups in total. The maximum atomic E-state index is 11.0. The molecule has 0 aliphatic heterocycles. The Morgan fingerprint density at radius 1 is 1.05 bits per heavy atom. The zero-order chi connectivity index (χ0) is 14.9. The predicted molar refractivity (Wildman–Crippen MR) is 82.6 cm³/mol. The molecule has 2 aromatic rings. The van der Waals surface area contributed by atoms with Gasteiger partial charge in [0.15, 0.2) is 6.61 Å². The Balaban J connectivity index is 1.76. The molecule has 0 saturated heterocycles. The molecule has 0 atom stereocenters. The van der Waals surface area contributed by atoms with Gasteiger partial charge in [0.25, 0.3) is 0 Å². The Labute approximate surface area is 124 Å². The molecule has 110 valence electrons. The van der Waals surface area contributed by atoms with Gasteiger partial charge in [-0.25, -0.2) is 4.79 Å². The lowest BCUT2D eigenvalue weighted by Crippen LogP contribution is -2.12. The summed E-state index contributed by atoms with van der Waals surface area (Å²) in [7, 11) is 1.34. The first-order valence-corrected chi connectivity index (χ1v) is 6.85. The van der Waals surface area contributed by atoms with Crippen LogP contribution in [0.1, 0.15) is 5.56 Å². The van der Waals surface area contributed by atoms with E-state index in [1.54, 1.807) is 0 Å². The molecule has 0 fully saturated rings. The van der Waals surface area contributed by atoms with Gasteiger partial charge in [-0.1, -0.05) is 30.3 Å². The molecular formula is C17H19NO3. The van der Waals surface area contributed by atoms with E-state index in [4.69, 9.17) is 4.74 Å². The largest absolute Gasteiger partial charge is 0.482 e. The highest BCUT2D eigenvalue weighted by atomic mass is 16.6. The Hall–Kier alpha value is -2.49. The van der Waals surface area contributed by atoms with Gasteiger partial charge in [-0.2, -0.15) is 0 Å². The fraction of sp³-hybridized carbons (Fsp3) is 0.235. The third-order valence-electron chi connectivity index (χ3n) is 3.02. The summed E-state index contributed by atoms with van der Waals surface area (Å²) in [6.45, 7) is 0.795. The average Bonchev–Trinajstić information content (AvgIpc) is 2.55. The molecule has 2 aromatic carbocycles. The molecule has 0 aliphatic rings. The third kappa shape index (κ3) is 5.18. The highest BCUT2D eigenvalue weighted by Gasteiger charge is 2.01. The lowest BCUT2D eigenvalue weighted by Gasteiger charge is -2.08. The van der Waals surface area contributed by atoms with Crippen molar-refractivity contribution in [2.45, 2.75) is 6.42 Å². The van der Waals surface area contributed by atoms with Crippen LogP contribution in [0.15, 0.2) is 54.6 Å². The Bertz CT molecular complexity index is 552. The van der Waals surface area contributed by atoms with Crippen molar-refractivity contribution in [1.82, 2.24) is 0 Å². The van der Waals surface area contributed by atoms with Crippen LogP contribution in [0.5, 0.6) is 5.75 Å². The average molecular weight is 285 g/mol. The number of carbonyl (C=O) groups excluding carboxylic acids is 1. The summed E-state index contributed by atoms with van der Waals surface area (Å²) in [5, 5.41) is 3.35. The lowest BCUT2D eigenvalue weighted by atomic mass is 10.1. The molecule has 4 heteroatoms. The third-order valence-corrected chi connectivity index (χ3v) is 3.02. The van der Waals surface area contributed by atoms with Gasteiger partial charge in [0.1, 0.15) is 5.75 Å². The second-order valence-corrected chi connectivity index (χ2v) is 4.55. The number of esters is 1. The van der Waals surface area contributed by atoms with Gasteiger partial charge in [-0.05, 0) is 36.2 Å². The Kier molecular flexibility index (Phi) is 5.64. The highest BCUT2D eigenvalue weighted by molar-refractivity contribution is 5.70. The van der Waals surface area contributed by atoms with Crippen molar-refractivity contribution in [3.8, 4) is 5.75 Å². The van der Waals surface area contributed by atoms with Crippen LogP contribution in [-0.2, 0) is 16.0 Å². The van der Waals surface area contributed by atoms with Crippen molar-refractivity contribution in [2.24, 2.45) is 0 Å². The van der Waals surface area contributed by atoms with E-state index in [1.807, 2.05) is 42.5 Å². The predicted octanol–water partition coefficient (Wildman–Crippen LogP) is 2.89. The fourth-order valence-electron chi connectivity index (χ4n) is 1.87. The van der Waals surface area contributed by atoms with E-state index in [2.05, 4.69) is 22.2 Å². The number of hydrogen-bond acceptors (Lipinski definition) is 4. The van der Waals surface area contributed by atoms with Crippen LogP contribution in [-0.4, -0.2) is 26.2 Å². The first-order valence-electron chi connectivity index (χ1n) is 6.85. The van der Waals surface area contributed by atoms with E-state index in [0.717, 1.165) is 18.7 Å². The standard InChI is InChI=1S/C17H19NO3/c1-20-17(19)13-21-16-9-7-15(8-10-16)18-12-11-14-5-3-2-4-6-14/h2-10,18H,11-13H2,1H3. The molecule has 0 spiro atoms. The topological polar surface area (TPSA) is 47.6 Å². The Morgan fingerprint density at radius 3 is 2.43 bits per heavy atom. The summed E-state index contributed by atoms with van der Waals surface area (Å²) in [6, 6.07) is 17.9. The van der Waals surface area contributed by atoms with E-state index in [1.165, 1.54) is 12.7 Å². The van der Waals surface area contributed by atoms with Crippen molar-refractivity contribution in [1.29, 1.82) is 0 Å². The molecule has 0 saturated carbocycles. The zero-order valence-electron chi connectivity index (χ0n) is 12.0. The summed E-state index contributed by atoms with van der Waals surface area (Å²) in [6.07, 6.45) is 0.974. The molecule has 4 nitrogen and oxygen atoms in total. The molecule has 0 heterocycles. The number of rotatable bonds is 7. The number of ether oxygens (including phenoxy) is 2. The maximum absolute atomic E-state index is 11.0. The van der Waals surface area contributed by atoms with Crippen molar-refractivity contribution in [2.75, 3.05) is 25.6 Å². The second kappa shape index (κ2) is 7.94. The zero-order valence-corrected chi connectivity index (χ0v) is 12.0. The van der Waals surface area contributed by atoms with Crippen molar-refractivity contribution >= 4 is 11.7 Å². The quantitative estimate of drug-likeness (QED) is 0.795. The van der Waals surface area contributed by atoms with Crippen LogP contribution in [0.2, 0.25) is 0 Å². The van der Waals surface area contributed by atoms with Crippen LogP contribution < -0.4 is 10.1 Å². The minimum atomic E-state index is -0.389. The number of methoxy groups -OCH3 is 1. The normalized spacial score (nSPS) is 9.95. The molecule has 0 unspecified atom stereocenters. The molecule has 0 aromatic heterocycles. The lowest BCUT2D eigenvalue weighted by molar-refractivity contribution is -0.142. The second-order valence-electron chi connectivity index (χ2n) is 4.55. The summed E-state index contributed by atoms with van der Waals surface area (Å²) >= 11 is 0. The number of carbonyl (C=O) groups is 1. The van der Waals surface area contributed by atoms with Gasteiger partial charge >= 0.3 is 5.97 Å². The summed E-state index contributed by atoms with van der Waals surface area (Å²) in [5.41, 5.74) is 2.33. The number of hydrogen-bond donors (Lipinski definition) is 1. The maximum Gasteiger partial charge on any atom is 0.343 e. The summed E-state index contributed by atoms with van der Waals surface area (Å²) in [5.74, 6) is 0.258. The van der Waals surface area contributed by atoms with E-state index >= 15 is 0 Å². The summed E-state index contributed by atoms with van der Waals surface area (Å²) < 4.78 is 9.80. The Morgan fingerprint density at radius 2 is 1.76 bits per heavy atom. The van der Waals surface area contributed by atoms with E-state index < -0.39 is 0 Å². The molecule has 21 heavy (non-hydrogen) atoms. The molecule has 0 aliphatic carbocycles. The van der Waals surface area contributed by atoms with Crippen LogP contribution in [0.3, 0.4) is 0 Å². The van der Waals surface area contributed by atoms with Crippen molar-refractivity contribution in [3.05, 3.63) is 60.2 Å². The fourth-order valence-corrected chi connectivity index (χ4v) is 1.87. The van der Waals surface area contributed by atoms with E-state index in [9.17, 15) is 4.79 Å². The number of benzene rings is 2. The van der Waals surface area contributed by atoms with Gasteiger partial charge in [0.2, 0.25) is 0 Å². The van der Waals surface area contributed by atoms with Crippen LogP contribution in [0.4, 0.5) is 5.69 Å². The smallest absolute Gasteiger partial charge is 0.343 e. The molecular weight excluding hydrogens is 266 g/mol. The SMILES string of the molecule is COC(=O)COc1ccc(NCCc2ccccc2)cc1. The minimum Gasteiger partial charge on any atom is -0.482 e. The number of anilines is 1. The minimum absolute atomic E-state index is 0.0721. The monoisotopic (exact) mass is 285 g/mol. The number of nitrogens with one attached hydrogen (secondary N) is 1. The molecule has 2 rings (SSSR count). The van der Waals surface area contributed by atoms with Crippen LogP contribution >= 0.6 is 0 Å².